The van der Waals surface area contributed by atoms with Gasteiger partial charge in [0.05, 0.1) is 18.9 Å². The summed E-state index contributed by atoms with van der Waals surface area (Å²) in [4.78, 5) is 17.3. The number of aryl methyl sites for hydroxylation is 1. The van der Waals surface area contributed by atoms with Gasteiger partial charge in [-0.3, -0.25) is 14.7 Å². The molecule has 0 saturated carbocycles. The molecule has 0 spiro atoms. The molecule has 0 aromatic carbocycles. The van der Waals surface area contributed by atoms with Crippen LogP contribution in [0.15, 0.2) is 6.20 Å². The lowest BCUT2D eigenvalue weighted by Gasteiger charge is -2.22. The second kappa shape index (κ2) is 5.76. The predicted molar refractivity (Wildman–Crippen MR) is 72.7 cm³/mol. The molecule has 0 bridgehead atoms. The highest BCUT2D eigenvalue weighted by Gasteiger charge is 2.36. The summed E-state index contributed by atoms with van der Waals surface area (Å²) < 4.78 is 5.35. The van der Waals surface area contributed by atoms with E-state index in [1.807, 2.05) is 13.8 Å². The number of ether oxygens (including phenoxy) is 1. The molecule has 2 atom stereocenters. The predicted octanol–water partition coefficient (Wildman–Crippen LogP) is 0.727. The molecule has 2 rings (SSSR count). The maximum Gasteiger partial charge on any atom is 0.321 e. The second-order valence-corrected chi connectivity index (χ2v) is 5.22. The molecule has 1 aromatic heterocycles. The maximum atomic E-state index is 11.2. The van der Waals surface area contributed by atoms with Crippen molar-refractivity contribution in [2.45, 2.75) is 39.0 Å². The summed E-state index contributed by atoms with van der Waals surface area (Å²) in [7, 11) is 1.61. The smallest absolute Gasteiger partial charge is 0.321 e. The van der Waals surface area contributed by atoms with Gasteiger partial charge in [-0.25, -0.2) is 0 Å². The molecule has 2 unspecified atom stereocenters. The van der Waals surface area contributed by atoms with E-state index in [4.69, 9.17) is 4.74 Å². The quantitative estimate of drug-likeness (QED) is 0.846. The SMILES string of the molecule is COc1c(C)cnc(CN2CC(O)CC2C(=O)O)c1C. The minimum Gasteiger partial charge on any atom is -0.496 e. The highest BCUT2D eigenvalue weighted by Crippen LogP contribution is 2.27. The first-order valence-electron chi connectivity index (χ1n) is 6.58. The number of pyridine rings is 1. The van der Waals surface area contributed by atoms with Gasteiger partial charge in [0.2, 0.25) is 0 Å². The standard InChI is InChI=1S/C14H20N2O4/c1-8-5-15-11(9(2)13(8)20-3)7-16-6-10(17)4-12(16)14(18)19/h5,10,12,17H,4,6-7H2,1-3H3,(H,18,19). The lowest BCUT2D eigenvalue weighted by molar-refractivity contribution is -0.142. The fraction of sp³-hybridized carbons (Fsp3) is 0.571. The van der Waals surface area contributed by atoms with Crippen LogP contribution in [0.4, 0.5) is 0 Å². The summed E-state index contributed by atoms with van der Waals surface area (Å²) in [6, 6.07) is -0.654. The van der Waals surface area contributed by atoms with Gasteiger partial charge in [-0.1, -0.05) is 0 Å². The van der Waals surface area contributed by atoms with Crippen molar-refractivity contribution in [1.82, 2.24) is 9.88 Å². The average molecular weight is 280 g/mol. The molecule has 6 heteroatoms. The minimum absolute atomic E-state index is 0.261. The minimum atomic E-state index is -0.904. The molecule has 1 fully saturated rings. The van der Waals surface area contributed by atoms with E-state index in [1.165, 1.54) is 0 Å². The first-order chi connectivity index (χ1) is 9.43. The number of hydrogen-bond donors (Lipinski definition) is 2. The van der Waals surface area contributed by atoms with Crippen molar-refractivity contribution >= 4 is 5.97 Å². The maximum absolute atomic E-state index is 11.2. The first kappa shape index (κ1) is 14.7. The Morgan fingerprint density at radius 3 is 2.85 bits per heavy atom. The Hall–Kier alpha value is -1.66. The molecule has 1 aliphatic rings. The topological polar surface area (TPSA) is 82.9 Å². The van der Waals surface area contributed by atoms with Crippen molar-refractivity contribution in [3.05, 3.63) is 23.0 Å². The Morgan fingerprint density at radius 1 is 1.55 bits per heavy atom. The van der Waals surface area contributed by atoms with Crippen molar-refractivity contribution < 1.29 is 19.7 Å². The molecule has 1 saturated heterocycles. The van der Waals surface area contributed by atoms with Gasteiger partial charge < -0.3 is 14.9 Å². The first-order valence-corrected chi connectivity index (χ1v) is 6.58. The number of hydrogen-bond acceptors (Lipinski definition) is 5. The largest absolute Gasteiger partial charge is 0.496 e. The summed E-state index contributed by atoms with van der Waals surface area (Å²) >= 11 is 0. The molecule has 2 heterocycles. The average Bonchev–Trinajstić information content (AvgIpc) is 2.75. The summed E-state index contributed by atoms with van der Waals surface area (Å²) in [6.07, 6.45) is 1.39. The van der Waals surface area contributed by atoms with Gasteiger partial charge in [-0.2, -0.15) is 0 Å². The molecule has 0 radical (unpaired) electrons. The number of carboxylic acids is 1. The Bertz CT molecular complexity index is 518. The third kappa shape index (κ3) is 2.76. The number of β-amino-alcohol motifs (C(OH)–C–C–N with tert-alkyl or cyclic N) is 1. The van der Waals surface area contributed by atoms with Crippen LogP contribution in [-0.2, 0) is 11.3 Å². The molecule has 0 amide bonds. The number of aromatic nitrogens is 1. The number of aliphatic hydroxyl groups excluding tert-OH is 1. The number of carboxylic acid groups (broad SMARTS) is 1. The fourth-order valence-corrected chi connectivity index (χ4v) is 2.73. The summed E-state index contributed by atoms with van der Waals surface area (Å²) in [5.74, 6) is -0.125. The molecule has 2 N–H and O–H groups in total. The number of aliphatic hydroxyl groups is 1. The Morgan fingerprint density at radius 2 is 2.25 bits per heavy atom. The molecule has 110 valence electrons. The van der Waals surface area contributed by atoms with E-state index in [9.17, 15) is 15.0 Å². The van der Waals surface area contributed by atoms with Gasteiger partial charge in [0, 0.05) is 36.8 Å². The Labute approximate surface area is 118 Å². The van der Waals surface area contributed by atoms with Crippen molar-refractivity contribution in [2.75, 3.05) is 13.7 Å². The van der Waals surface area contributed by atoms with Gasteiger partial charge >= 0.3 is 5.97 Å². The zero-order chi connectivity index (χ0) is 14.9. The van der Waals surface area contributed by atoms with Crippen molar-refractivity contribution in [3.63, 3.8) is 0 Å². The van der Waals surface area contributed by atoms with Gasteiger partial charge in [-0.15, -0.1) is 0 Å². The van der Waals surface area contributed by atoms with Crippen molar-refractivity contribution in [2.24, 2.45) is 0 Å². The molecule has 20 heavy (non-hydrogen) atoms. The normalized spacial score (nSPS) is 23.0. The van der Waals surface area contributed by atoms with Gasteiger partial charge in [0.15, 0.2) is 0 Å². The zero-order valence-electron chi connectivity index (χ0n) is 12.0. The van der Waals surface area contributed by atoms with Crippen LogP contribution in [0.5, 0.6) is 5.75 Å². The molecular weight excluding hydrogens is 260 g/mol. The van der Waals surface area contributed by atoms with Crippen LogP contribution in [0.25, 0.3) is 0 Å². The van der Waals surface area contributed by atoms with E-state index >= 15 is 0 Å². The summed E-state index contributed by atoms with van der Waals surface area (Å²) in [5, 5.41) is 18.9. The molecule has 1 aliphatic heterocycles. The van der Waals surface area contributed by atoms with E-state index in [0.717, 1.165) is 22.6 Å². The lowest BCUT2D eigenvalue weighted by Crippen LogP contribution is -2.35. The molecule has 1 aromatic rings. The molecule has 0 aliphatic carbocycles. The number of aliphatic carboxylic acids is 1. The second-order valence-electron chi connectivity index (χ2n) is 5.22. The lowest BCUT2D eigenvalue weighted by atomic mass is 10.1. The van der Waals surface area contributed by atoms with E-state index in [1.54, 1.807) is 18.2 Å². The van der Waals surface area contributed by atoms with Gasteiger partial charge in [0.25, 0.3) is 0 Å². The van der Waals surface area contributed by atoms with E-state index < -0.39 is 18.1 Å². The van der Waals surface area contributed by atoms with Crippen LogP contribution in [-0.4, -0.2) is 51.9 Å². The van der Waals surface area contributed by atoms with E-state index in [2.05, 4.69) is 4.98 Å². The monoisotopic (exact) mass is 280 g/mol. The van der Waals surface area contributed by atoms with Gasteiger partial charge in [-0.05, 0) is 13.8 Å². The highest BCUT2D eigenvalue weighted by molar-refractivity contribution is 5.74. The number of carbonyl (C=O) groups is 1. The third-order valence-corrected chi connectivity index (χ3v) is 3.77. The summed E-state index contributed by atoms with van der Waals surface area (Å²) in [6.45, 7) is 4.59. The van der Waals surface area contributed by atoms with Gasteiger partial charge in [0.1, 0.15) is 11.8 Å². The van der Waals surface area contributed by atoms with Crippen LogP contribution in [0.2, 0.25) is 0 Å². The van der Waals surface area contributed by atoms with Crippen LogP contribution in [0, 0.1) is 13.8 Å². The zero-order valence-corrected chi connectivity index (χ0v) is 12.0. The van der Waals surface area contributed by atoms with Crippen molar-refractivity contribution in [1.29, 1.82) is 0 Å². The van der Waals surface area contributed by atoms with Crippen molar-refractivity contribution in [3.8, 4) is 5.75 Å². The molecule has 6 nitrogen and oxygen atoms in total. The van der Waals surface area contributed by atoms with Crippen LogP contribution < -0.4 is 4.74 Å². The Balaban J connectivity index is 2.24. The van der Waals surface area contributed by atoms with E-state index in [0.29, 0.717) is 13.1 Å². The third-order valence-electron chi connectivity index (χ3n) is 3.77. The summed E-state index contributed by atoms with van der Waals surface area (Å²) in [5.41, 5.74) is 2.65. The number of methoxy groups -OCH3 is 1. The fourth-order valence-electron chi connectivity index (χ4n) is 2.73. The van der Waals surface area contributed by atoms with Crippen LogP contribution >= 0.6 is 0 Å². The number of nitrogens with zero attached hydrogens (tertiary/aromatic N) is 2. The highest BCUT2D eigenvalue weighted by atomic mass is 16.5. The van der Waals surface area contributed by atoms with Crippen LogP contribution in [0.1, 0.15) is 23.2 Å². The van der Waals surface area contributed by atoms with E-state index in [-0.39, 0.29) is 6.42 Å². The number of likely N-dealkylation sites (tertiary alicyclic amines) is 1. The molecular formula is C14H20N2O4. The number of rotatable bonds is 4. The Kier molecular flexibility index (Phi) is 4.25. The van der Waals surface area contributed by atoms with Crippen LogP contribution in [0.3, 0.4) is 0 Å².